The van der Waals surface area contributed by atoms with Gasteiger partial charge in [0.15, 0.2) is 0 Å². The molecule has 0 amide bonds. The number of carbonyl (C=O) groups excluding carboxylic acids is 1. The summed E-state index contributed by atoms with van der Waals surface area (Å²) in [6.45, 7) is 8.16. The first-order valence-corrected chi connectivity index (χ1v) is 9.38. The van der Waals surface area contributed by atoms with Crippen molar-refractivity contribution in [3.63, 3.8) is 0 Å². The van der Waals surface area contributed by atoms with Crippen molar-refractivity contribution in [2.75, 3.05) is 0 Å². The average Bonchev–Trinajstić information content (AvgIpc) is 2.66. The van der Waals surface area contributed by atoms with E-state index >= 15 is 0 Å². The molecular formula is C18H32O2S. The predicted octanol–water partition coefficient (Wildman–Crippen LogP) is 6.02. The van der Waals surface area contributed by atoms with Gasteiger partial charge in [-0.15, -0.1) is 0 Å². The lowest BCUT2D eigenvalue weighted by Gasteiger charge is -2.30. The van der Waals surface area contributed by atoms with Crippen LogP contribution >= 0.6 is 11.8 Å². The van der Waals surface area contributed by atoms with Crippen LogP contribution in [0.25, 0.3) is 0 Å². The first-order valence-electron chi connectivity index (χ1n) is 8.57. The minimum Gasteiger partial charge on any atom is -0.510 e. The molecule has 0 aliphatic carbocycles. The first kappa shape index (κ1) is 18.6. The van der Waals surface area contributed by atoms with E-state index in [0.717, 1.165) is 6.42 Å². The maximum absolute atomic E-state index is 11.8. The Morgan fingerprint density at radius 2 is 1.62 bits per heavy atom. The molecular weight excluding hydrogens is 280 g/mol. The van der Waals surface area contributed by atoms with Gasteiger partial charge in [-0.05, 0) is 26.2 Å². The van der Waals surface area contributed by atoms with Gasteiger partial charge >= 0.3 is 0 Å². The zero-order valence-corrected chi connectivity index (χ0v) is 15.0. The van der Waals surface area contributed by atoms with E-state index in [9.17, 15) is 9.90 Å². The summed E-state index contributed by atoms with van der Waals surface area (Å²) in [5.74, 6) is 0.647. The van der Waals surface area contributed by atoms with Crippen LogP contribution in [0.2, 0.25) is 0 Å². The Labute approximate surface area is 134 Å². The monoisotopic (exact) mass is 312 g/mol. The molecule has 0 aromatic rings. The van der Waals surface area contributed by atoms with Crippen LogP contribution in [0.3, 0.4) is 0 Å². The van der Waals surface area contributed by atoms with Crippen molar-refractivity contribution in [1.29, 1.82) is 0 Å². The summed E-state index contributed by atoms with van der Waals surface area (Å²) < 4.78 is -0.401. The van der Waals surface area contributed by atoms with Gasteiger partial charge in [-0.2, -0.15) is 0 Å². The van der Waals surface area contributed by atoms with Gasteiger partial charge in [-0.3, -0.25) is 4.79 Å². The highest BCUT2D eigenvalue weighted by atomic mass is 32.2. The lowest BCUT2D eigenvalue weighted by atomic mass is 9.87. The molecule has 0 fully saturated rings. The largest absolute Gasteiger partial charge is 0.510 e. The van der Waals surface area contributed by atoms with Gasteiger partial charge < -0.3 is 5.11 Å². The molecule has 2 atom stereocenters. The normalized spacial score (nSPS) is 23.9. The molecule has 1 aliphatic rings. The van der Waals surface area contributed by atoms with E-state index in [1.54, 1.807) is 6.92 Å². The highest BCUT2D eigenvalue weighted by molar-refractivity contribution is 8.15. The Morgan fingerprint density at radius 3 is 2.10 bits per heavy atom. The van der Waals surface area contributed by atoms with Gasteiger partial charge in [0.1, 0.15) is 5.76 Å². The fraction of sp³-hybridized carbons (Fsp3) is 0.833. The topological polar surface area (TPSA) is 37.3 Å². The van der Waals surface area contributed by atoms with Gasteiger partial charge in [-0.1, -0.05) is 77.0 Å². The number of carbonyl (C=O) groups is 1. The zero-order chi connectivity index (χ0) is 15.9. The molecule has 0 aromatic carbocycles. The second kappa shape index (κ2) is 8.87. The van der Waals surface area contributed by atoms with E-state index in [1.807, 2.05) is 6.92 Å². The summed E-state index contributed by atoms with van der Waals surface area (Å²) in [5.41, 5.74) is 0.547. The summed E-state index contributed by atoms with van der Waals surface area (Å²) in [5, 5.41) is 10.3. The van der Waals surface area contributed by atoms with Gasteiger partial charge in [0.2, 0.25) is 5.12 Å². The van der Waals surface area contributed by atoms with Crippen molar-refractivity contribution in [2.45, 2.75) is 90.2 Å². The summed E-state index contributed by atoms with van der Waals surface area (Å²) in [4.78, 5) is 11.8. The molecule has 1 rings (SSSR count). The first-order chi connectivity index (χ1) is 9.93. The molecule has 0 bridgehead atoms. The van der Waals surface area contributed by atoms with E-state index in [2.05, 4.69) is 13.8 Å². The Balaban J connectivity index is 2.23. The molecule has 0 radical (unpaired) electrons. The third-order valence-electron chi connectivity index (χ3n) is 4.87. The van der Waals surface area contributed by atoms with Crippen LogP contribution in [-0.4, -0.2) is 15.0 Å². The number of aliphatic hydroxyl groups is 1. The van der Waals surface area contributed by atoms with Gasteiger partial charge in [0.05, 0.1) is 4.75 Å². The van der Waals surface area contributed by atoms with E-state index < -0.39 is 4.75 Å². The molecule has 0 saturated carbocycles. The fourth-order valence-electron chi connectivity index (χ4n) is 2.98. The Kier molecular flexibility index (Phi) is 7.86. The molecule has 0 saturated heterocycles. The Hall–Kier alpha value is -0.440. The Bertz CT molecular complexity index is 375. The second-order valence-corrected chi connectivity index (χ2v) is 8.06. The van der Waals surface area contributed by atoms with E-state index in [4.69, 9.17) is 0 Å². The molecule has 2 unspecified atom stereocenters. The maximum Gasteiger partial charge on any atom is 0.219 e. The summed E-state index contributed by atoms with van der Waals surface area (Å²) in [7, 11) is 0. The molecule has 122 valence electrons. The van der Waals surface area contributed by atoms with Crippen LogP contribution in [-0.2, 0) is 4.79 Å². The second-order valence-electron chi connectivity index (χ2n) is 6.63. The van der Waals surface area contributed by atoms with Crippen molar-refractivity contribution in [3.05, 3.63) is 11.3 Å². The van der Waals surface area contributed by atoms with Crippen LogP contribution in [0.4, 0.5) is 0 Å². The molecule has 1 aliphatic heterocycles. The Morgan fingerprint density at radius 1 is 1.10 bits per heavy atom. The van der Waals surface area contributed by atoms with Crippen molar-refractivity contribution in [3.8, 4) is 0 Å². The van der Waals surface area contributed by atoms with Gasteiger partial charge in [0, 0.05) is 5.57 Å². The van der Waals surface area contributed by atoms with E-state index in [0.29, 0.717) is 17.3 Å². The maximum atomic E-state index is 11.8. The molecule has 21 heavy (non-hydrogen) atoms. The van der Waals surface area contributed by atoms with E-state index in [1.165, 1.54) is 63.1 Å². The molecule has 3 heteroatoms. The number of rotatable bonds is 10. The average molecular weight is 313 g/mol. The lowest BCUT2D eigenvalue weighted by Crippen LogP contribution is -2.29. The van der Waals surface area contributed by atoms with Crippen molar-refractivity contribution in [1.82, 2.24) is 0 Å². The molecule has 0 aromatic heterocycles. The van der Waals surface area contributed by atoms with Crippen LogP contribution in [0.1, 0.15) is 85.5 Å². The molecule has 2 nitrogen and oxygen atoms in total. The number of hydrogen-bond donors (Lipinski definition) is 1. The number of thioether (sulfide) groups is 1. The molecule has 1 N–H and O–H groups in total. The van der Waals surface area contributed by atoms with Crippen LogP contribution in [0.5, 0.6) is 0 Å². The van der Waals surface area contributed by atoms with Crippen LogP contribution in [0.15, 0.2) is 11.3 Å². The number of aliphatic hydroxyl groups excluding tert-OH is 1. The standard InChI is InChI=1S/C18H32O2S/c1-5-6-7-8-9-10-11-12-13-14(2)18(4)16(19)15(3)17(20)21-18/h14,19H,5-13H2,1-4H3. The van der Waals surface area contributed by atoms with Crippen molar-refractivity contribution >= 4 is 16.9 Å². The highest BCUT2D eigenvalue weighted by Gasteiger charge is 2.45. The summed E-state index contributed by atoms with van der Waals surface area (Å²) in [6, 6.07) is 0. The number of unbranched alkanes of at least 4 members (excludes halogenated alkanes) is 7. The van der Waals surface area contributed by atoms with Crippen molar-refractivity contribution < 1.29 is 9.90 Å². The SMILES string of the molecule is CCCCCCCCCCC(C)C1(C)SC(=O)C(C)=C1O. The van der Waals surface area contributed by atoms with E-state index in [-0.39, 0.29) is 5.12 Å². The summed E-state index contributed by atoms with van der Waals surface area (Å²) in [6.07, 6.45) is 11.6. The summed E-state index contributed by atoms with van der Waals surface area (Å²) >= 11 is 1.31. The highest BCUT2D eigenvalue weighted by Crippen LogP contribution is 2.48. The quantitative estimate of drug-likeness (QED) is 0.501. The van der Waals surface area contributed by atoms with Gasteiger partial charge in [0.25, 0.3) is 0 Å². The third kappa shape index (κ3) is 5.05. The predicted molar refractivity (Wildman–Crippen MR) is 92.7 cm³/mol. The molecule has 1 heterocycles. The zero-order valence-electron chi connectivity index (χ0n) is 14.2. The van der Waals surface area contributed by atoms with Gasteiger partial charge in [-0.25, -0.2) is 0 Å². The lowest BCUT2D eigenvalue weighted by molar-refractivity contribution is -0.107. The smallest absolute Gasteiger partial charge is 0.219 e. The molecule has 0 spiro atoms. The van der Waals surface area contributed by atoms with Crippen LogP contribution in [0, 0.1) is 5.92 Å². The minimum absolute atomic E-state index is 0.0396. The third-order valence-corrected chi connectivity index (χ3v) is 6.38. The fourth-order valence-corrected chi connectivity index (χ4v) is 4.18. The van der Waals surface area contributed by atoms with Crippen LogP contribution < -0.4 is 0 Å². The minimum atomic E-state index is -0.401. The van der Waals surface area contributed by atoms with Crippen molar-refractivity contribution in [2.24, 2.45) is 5.92 Å². The number of hydrogen-bond acceptors (Lipinski definition) is 3.